The quantitative estimate of drug-likeness (QED) is 0.511. The molecule has 150 valence electrons. The van der Waals surface area contributed by atoms with Gasteiger partial charge in [0.15, 0.2) is 0 Å². The van der Waals surface area contributed by atoms with Crippen LogP contribution in [0.15, 0.2) is 48.5 Å². The summed E-state index contributed by atoms with van der Waals surface area (Å²) in [5.41, 5.74) is 4.68. The summed E-state index contributed by atoms with van der Waals surface area (Å²) >= 11 is 12.7. The van der Waals surface area contributed by atoms with Crippen molar-refractivity contribution in [3.05, 3.63) is 75.4 Å². The second-order valence-corrected chi connectivity index (χ2v) is 7.93. The summed E-state index contributed by atoms with van der Waals surface area (Å²) in [5, 5.41) is 1.89. The molecule has 0 saturated carbocycles. The molecule has 1 aliphatic heterocycles. The average molecular weight is 429 g/mol. The number of nitrogens with one attached hydrogen (secondary N) is 1. The van der Waals surface area contributed by atoms with Gasteiger partial charge in [-0.3, -0.25) is 4.90 Å². The smallest absolute Gasteiger partial charge is 0.355 e. The number of fused-ring (bicyclic) bond motifs is 1. The lowest BCUT2D eigenvalue weighted by Crippen LogP contribution is -2.28. The second-order valence-electron chi connectivity index (χ2n) is 7.09. The summed E-state index contributed by atoms with van der Waals surface area (Å²) in [6.45, 7) is 4.43. The highest BCUT2D eigenvalue weighted by Gasteiger charge is 2.24. The number of aromatic nitrogens is 1. The van der Waals surface area contributed by atoms with Gasteiger partial charge in [0.25, 0.3) is 0 Å². The lowest BCUT2D eigenvalue weighted by molar-refractivity contribution is 0.0518. The van der Waals surface area contributed by atoms with Crippen LogP contribution in [0.4, 0.5) is 0 Å². The number of aromatic amines is 1. The van der Waals surface area contributed by atoms with E-state index in [1.54, 1.807) is 19.1 Å². The maximum Gasteiger partial charge on any atom is 0.355 e. The van der Waals surface area contributed by atoms with Gasteiger partial charge in [0, 0.05) is 41.1 Å². The van der Waals surface area contributed by atoms with E-state index in [2.05, 4.69) is 40.2 Å². The van der Waals surface area contributed by atoms with Crippen molar-refractivity contribution in [1.29, 1.82) is 0 Å². The zero-order valence-electron chi connectivity index (χ0n) is 16.2. The molecule has 0 unspecified atom stereocenters. The Kier molecular flexibility index (Phi) is 5.95. The van der Waals surface area contributed by atoms with Crippen LogP contribution in [-0.4, -0.2) is 35.5 Å². The van der Waals surface area contributed by atoms with Crippen LogP contribution in [0.5, 0.6) is 0 Å². The minimum absolute atomic E-state index is 0.314. The molecule has 29 heavy (non-hydrogen) atoms. The molecule has 3 aromatic rings. The lowest BCUT2D eigenvalue weighted by atomic mass is 9.99. The number of ether oxygens (including phenoxy) is 1. The highest BCUT2D eigenvalue weighted by Crippen LogP contribution is 2.34. The monoisotopic (exact) mass is 428 g/mol. The van der Waals surface area contributed by atoms with E-state index in [-0.39, 0.29) is 5.97 Å². The van der Waals surface area contributed by atoms with E-state index in [1.165, 1.54) is 11.1 Å². The third-order valence-electron chi connectivity index (χ3n) is 5.22. The van der Waals surface area contributed by atoms with Gasteiger partial charge >= 0.3 is 5.97 Å². The number of esters is 1. The summed E-state index contributed by atoms with van der Waals surface area (Å²) in [6, 6.07) is 13.9. The van der Waals surface area contributed by atoms with Crippen LogP contribution in [0, 0.1) is 0 Å². The second kappa shape index (κ2) is 8.62. The van der Waals surface area contributed by atoms with E-state index in [9.17, 15) is 4.79 Å². The largest absolute Gasteiger partial charge is 0.461 e. The fourth-order valence-corrected chi connectivity index (χ4v) is 4.45. The first-order valence-corrected chi connectivity index (χ1v) is 10.5. The topological polar surface area (TPSA) is 45.3 Å². The molecule has 0 atom stereocenters. The van der Waals surface area contributed by atoms with E-state index in [4.69, 9.17) is 27.9 Å². The number of nitrogens with zero attached hydrogens (tertiary/aromatic N) is 1. The number of hydrogen-bond acceptors (Lipinski definition) is 3. The highest BCUT2D eigenvalue weighted by molar-refractivity contribution is 6.39. The number of benzene rings is 2. The van der Waals surface area contributed by atoms with Crippen molar-refractivity contribution >= 4 is 45.6 Å². The summed E-state index contributed by atoms with van der Waals surface area (Å²) in [5.74, 6) is -0.372. The summed E-state index contributed by atoms with van der Waals surface area (Å²) in [4.78, 5) is 18.0. The molecule has 1 aromatic heterocycles. The van der Waals surface area contributed by atoms with Gasteiger partial charge in [-0.05, 0) is 36.6 Å². The van der Waals surface area contributed by atoms with Crippen LogP contribution < -0.4 is 0 Å². The van der Waals surface area contributed by atoms with Crippen molar-refractivity contribution in [2.24, 2.45) is 0 Å². The van der Waals surface area contributed by atoms with Crippen LogP contribution in [0.3, 0.4) is 0 Å². The number of halogens is 2. The van der Waals surface area contributed by atoms with E-state index < -0.39 is 0 Å². The minimum atomic E-state index is -0.372. The Hall–Kier alpha value is -2.27. The van der Waals surface area contributed by atoms with Crippen molar-refractivity contribution in [2.45, 2.75) is 19.9 Å². The van der Waals surface area contributed by atoms with Gasteiger partial charge in [-0.1, -0.05) is 59.6 Å². The molecule has 2 aromatic carbocycles. The minimum Gasteiger partial charge on any atom is -0.461 e. The summed E-state index contributed by atoms with van der Waals surface area (Å²) in [6.07, 6.45) is 3.22. The van der Waals surface area contributed by atoms with Gasteiger partial charge in [-0.25, -0.2) is 4.79 Å². The third kappa shape index (κ3) is 4.20. The fourth-order valence-electron chi connectivity index (χ4n) is 3.84. The molecule has 0 spiro atoms. The SMILES string of the molecule is CCOC(=O)c1[nH]c2cc(Cl)cc(Cl)c2c1CN1CC=C(c2ccccc2)CC1. The molecule has 0 fully saturated rings. The predicted molar refractivity (Wildman–Crippen MR) is 119 cm³/mol. The molecule has 0 amide bonds. The maximum atomic E-state index is 12.6. The summed E-state index contributed by atoms with van der Waals surface area (Å²) in [7, 11) is 0. The Morgan fingerprint density at radius 1 is 1.21 bits per heavy atom. The van der Waals surface area contributed by atoms with Crippen molar-refractivity contribution in [3.8, 4) is 0 Å². The number of H-pyrrole nitrogens is 1. The van der Waals surface area contributed by atoms with Crippen molar-refractivity contribution < 1.29 is 9.53 Å². The van der Waals surface area contributed by atoms with Crippen molar-refractivity contribution in [2.75, 3.05) is 19.7 Å². The molecule has 4 nitrogen and oxygen atoms in total. The Balaban J connectivity index is 1.64. The molecule has 0 radical (unpaired) electrons. The molecular formula is C23H22Cl2N2O2. The molecule has 4 rings (SSSR count). The van der Waals surface area contributed by atoms with Crippen LogP contribution in [-0.2, 0) is 11.3 Å². The van der Waals surface area contributed by atoms with Crippen LogP contribution >= 0.6 is 23.2 Å². The molecule has 0 bridgehead atoms. The maximum absolute atomic E-state index is 12.6. The highest BCUT2D eigenvalue weighted by atomic mass is 35.5. The number of rotatable bonds is 5. The lowest BCUT2D eigenvalue weighted by Gasteiger charge is -2.26. The van der Waals surface area contributed by atoms with Gasteiger partial charge in [0.1, 0.15) is 5.69 Å². The number of carbonyl (C=O) groups is 1. The van der Waals surface area contributed by atoms with Gasteiger partial charge in [-0.2, -0.15) is 0 Å². The Morgan fingerprint density at radius 3 is 2.69 bits per heavy atom. The fraction of sp³-hybridized carbons (Fsp3) is 0.261. The molecule has 0 saturated heterocycles. The zero-order chi connectivity index (χ0) is 20.4. The average Bonchev–Trinajstić information content (AvgIpc) is 3.08. The molecule has 6 heteroatoms. The van der Waals surface area contributed by atoms with Crippen LogP contribution in [0.25, 0.3) is 16.5 Å². The summed E-state index contributed by atoms with van der Waals surface area (Å²) < 4.78 is 5.26. The molecular weight excluding hydrogens is 407 g/mol. The number of carbonyl (C=O) groups excluding carboxylic acids is 1. The zero-order valence-corrected chi connectivity index (χ0v) is 17.7. The number of hydrogen-bond donors (Lipinski definition) is 1. The van der Waals surface area contributed by atoms with Crippen molar-refractivity contribution in [1.82, 2.24) is 9.88 Å². The third-order valence-corrected chi connectivity index (χ3v) is 5.73. The van der Waals surface area contributed by atoms with Gasteiger partial charge < -0.3 is 9.72 Å². The molecule has 2 heterocycles. The molecule has 1 aliphatic rings. The van der Waals surface area contributed by atoms with E-state index >= 15 is 0 Å². The van der Waals surface area contributed by atoms with E-state index in [0.29, 0.717) is 28.9 Å². The van der Waals surface area contributed by atoms with Gasteiger partial charge in [-0.15, -0.1) is 0 Å². The standard InChI is InChI=1S/C23H22Cl2N2O2/c1-2-29-23(28)22-18(21-19(25)12-17(24)13-20(21)26-22)14-27-10-8-16(9-11-27)15-6-4-3-5-7-15/h3-8,12-13,26H,2,9-11,14H2,1H3. The van der Waals surface area contributed by atoms with Crippen molar-refractivity contribution in [3.63, 3.8) is 0 Å². The Morgan fingerprint density at radius 2 is 2.00 bits per heavy atom. The first-order valence-electron chi connectivity index (χ1n) is 9.70. The van der Waals surface area contributed by atoms with Crippen LogP contribution in [0.2, 0.25) is 10.0 Å². The predicted octanol–water partition coefficient (Wildman–Crippen LogP) is 5.94. The normalized spacial score (nSPS) is 14.8. The Labute approximate surface area is 180 Å². The van der Waals surface area contributed by atoms with Crippen LogP contribution in [0.1, 0.15) is 35.0 Å². The van der Waals surface area contributed by atoms with E-state index in [0.717, 1.165) is 36.0 Å². The molecule has 1 N–H and O–H groups in total. The first-order chi connectivity index (χ1) is 14.1. The molecule has 0 aliphatic carbocycles. The first kappa shape index (κ1) is 20.0. The van der Waals surface area contributed by atoms with Gasteiger partial charge in [0.05, 0.1) is 11.6 Å². The van der Waals surface area contributed by atoms with Gasteiger partial charge in [0.2, 0.25) is 0 Å². The Bertz CT molecular complexity index is 1070. The van der Waals surface area contributed by atoms with E-state index in [1.807, 2.05) is 6.07 Å².